The highest BCUT2D eigenvalue weighted by Gasteiger charge is 2.09. The summed E-state index contributed by atoms with van der Waals surface area (Å²) in [6, 6.07) is 0. The molecule has 0 amide bonds. The summed E-state index contributed by atoms with van der Waals surface area (Å²) in [6.07, 6.45) is 6.54. The van der Waals surface area contributed by atoms with Gasteiger partial charge in [-0.15, -0.1) is 0 Å². The maximum atomic E-state index is 5.98. The zero-order valence-electron chi connectivity index (χ0n) is 11.7. The summed E-state index contributed by atoms with van der Waals surface area (Å²) in [5, 5.41) is 3.45. The molecule has 0 aromatic rings. The molecule has 0 aromatic carbocycles. The van der Waals surface area contributed by atoms with Crippen molar-refractivity contribution in [3.8, 4) is 0 Å². The predicted octanol–water partition coefficient (Wildman–Crippen LogP) is 3.61. The van der Waals surface area contributed by atoms with Gasteiger partial charge in [0, 0.05) is 13.2 Å². The molecule has 0 saturated carbocycles. The molecule has 16 heavy (non-hydrogen) atoms. The number of nitrogens with one attached hydrogen (secondary N) is 1. The van der Waals surface area contributed by atoms with Crippen LogP contribution in [0.15, 0.2) is 0 Å². The third-order valence-corrected chi connectivity index (χ3v) is 2.81. The molecule has 0 heterocycles. The fourth-order valence-electron chi connectivity index (χ4n) is 1.88. The molecule has 0 aliphatic rings. The summed E-state index contributed by atoms with van der Waals surface area (Å²) < 4.78 is 5.98. The van der Waals surface area contributed by atoms with E-state index in [9.17, 15) is 0 Å². The lowest BCUT2D eigenvalue weighted by atomic mass is 10.1. The van der Waals surface area contributed by atoms with Crippen molar-refractivity contribution in [2.24, 2.45) is 5.92 Å². The highest BCUT2D eigenvalue weighted by atomic mass is 16.5. The van der Waals surface area contributed by atoms with E-state index in [1.807, 2.05) is 0 Å². The molecule has 2 heteroatoms. The van der Waals surface area contributed by atoms with Crippen molar-refractivity contribution in [1.82, 2.24) is 5.32 Å². The molecule has 0 radical (unpaired) electrons. The van der Waals surface area contributed by atoms with E-state index in [0.29, 0.717) is 12.0 Å². The Hall–Kier alpha value is -0.0800. The fourth-order valence-corrected chi connectivity index (χ4v) is 1.88. The van der Waals surface area contributed by atoms with Crippen molar-refractivity contribution in [3.63, 3.8) is 0 Å². The topological polar surface area (TPSA) is 21.3 Å². The number of hydrogen-bond donors (Lipinski definition) is 1. The van der Waals surface area contributed by atoms with Gasteiger partial charge in [0.15, 0.2) is 0 Å². The van der Waals surface area contributed by atoms with Crippen LogP contribution in [0.25, 0.3) is 0 Å². The smallest absolute Gasteiger partial charge is 0.0699 e. The van der Waals surface area contributed by atoms with Gasteiger partial charge in [0.05, 0.1) is 6.10 Å². The van der Waals surface area contributed by atoms with Crippen LogP contribution < -0.4 is 5.32 Å². The average Bonchev–Trinajstić information content (AvgIpc) is 2.26. The van der Waals surface area contributed by atoms with Gasteiger partial charge < -0.3 is 10.1 Å². The Morgan fingerprint density at radius 1 is 1.00 bits per heavy atom. The van der Waals surface area contributed by atoms with Gasteiger partial charge in [-0.1, -0.05) is 40.5 Å². The van der Waals surface area contributed by atoms with Gasteiger partial charge in [0.25, 0.3) is 0 Å². The highest BCUT2D eigenvalue weighted by molar-refractivity contribution is 4.62. The number of ether oxygens (including phenoxy) is 1. The molecular weight excluding hydrogens is 198 g/mol. The normalized spacial score (nSPS) is 15.0. The van der Waals surface area contributed by atoms with Crippen molar-refractivity contribution in [1.29, 1.82) is 0 Å². The highest BCUT2D eigenvalue weighted by Crippen LogP contribution is 2.09. The van der Waals surface area contributed by atoms with Crippen molar-refractivity contribution < 1.29 is 4.74 Å². The zero-order chi connectivity index (χ0) is 12.2. The summed E-state index contributed by atoms with van der Waals surface area (Å²) in [6.45, 7) is 12.0. The quantitative estimate of drug-likeness (QED) is 0.547. The van der Waals surface area contributed by atoms with Gasteiger partial charge in [0.2, 0.25) is 0 Å². The van der Waals surface area contributed by atoms with Crippen LogP contribution in [-0.2, 0) is 4.74 Å². The molecular formula is C14H31NO. The molecule has 0 rings (SSSR count). The molecule has 0 fully saturated rings. The van der Waals surface area contributed by atoms with E-state index in [4.69, 9.17) is 4.74 Å². The largest absolute Gasteiger partial charge is 0.377 e. The molecule has 0 aliphatic heterocycles. The molecule has 1 N–H and O–H groups in total. The first kappa shape index (κ1) is 15.9. The van der Waals surface area contributed by atoms with E-state index in [0.717, 1.165) is 19.7 Å². The minimum absolute atomic E-state index is 0.413. The lowest BCUT2D eigenvalue weighted by Crippen LogP contribution is -2.30. The van der Waals surface area contributed by atoms with Crippen LogP contribution in [0.5, 0.6) is 0 Å². The number of rotatable bonds is 11. The van der Waals surface area contributed by atoms with Crippen LogP contribution in [0.1, 0.15) is 59.8 Å². The van der Waals surface area contributed by atoms with E-state index >= 15 is 0 Å². The van der Waals surface area contributed by atoms with Gasteiger partial charge in [-0.25, -0.2) is 0 Å². The Morgan fingerprint density at radius 2 is 1.69 bits per heavy atom. The monoisotopic (exact) mass is 229 g/mol. The first-order valence-corrected chi connectivity index (χ1v) is 7.06. The lowest BCUT2D eigenvalue weighted by molar-refractivity contribution is 0.0258. The SMILES string of the molecule is CCCNCC(CCC)OCC(C)CCC. The summed E-state index contributed by atoms with van der Waals surface area (Å²) in [4.78, 5) is 0. The van der Waals surface area contributed by atoms with Gasteiger partial charge in [-0.05, 0) is 31.7 Å². The molecule has 0 saturated heterocycles. The first-order chi connectivity index (χ1) is 7.74. The van der Waals surface area contributed by atoms with Crippen molar-refractivity contribution in [2.75, 3.05) is 19.7 Å². The van der Waals surface area contributed by atoms with Crippen molar-refractivity contribution in [3.05, 3.63) is 0 Å². The van der Waals surface area contributed by atoms with Crippen LogP contribution in [-0.4, -0.2) is 25.8 Å². The van der Waals surface area contributed by atoms with E-state index < -0.39 is 0 Å². The van der Waals surface area contributed by atoms with E-state index in [-0.39, 0.29) is 0 Å². The zero-order valence-corrected chi connectivity index (χ0v) is 11.7. The standard InChI is InChI=1S/C14H31NO/c1-5-8-13(4)12-16-14(9-6-2)11-15-10-7-3/h13-15H,5-12H2,1-4H3. The maximum Gasteiger partial charge on any atom is 0.0699 e. The molecule has 2 nitrogen and oxygen atoms in total. The van der Waals surface area contributed by atoms with Crippen LogP contribution in [0, 0.1) is 5.92 Å². The molecule has 2 unspecified atom stereocenters. The summed E-state index contributed by atoms with van der Waals surface area (Å²) in [5.41, 5.74) is 0. The second kappa shape index (κ2) is 11.4. The molecule has 2 atom stereocenters. The Morgan fingerprint density at radius 3 is 2.25 bits per heavy atom. The average molecular weight is 229 g/mol. The fraction of sp³-hybridized carbons (Fsp3) is 1.00. The van der Waals surface area contributed by atoms with Gasteiger partial charge in [-0.3, -0.25) is 0 Å². The van der Waals surface area contributed by atoms with Crippen molar-refractivity contribution in [2.45, 2.75) is 65.9 Å². The Kier molecular flexibility index (Phi) is 11.3. The summed E-state index contributed by atoms with van der Waals surface area (Å²) in [7, 11) is 0. The molecule has 0 spiro atoms. The first-order valence-electron chi connectivity index (χ1n) is 7.06. The Balaban J connectivity index is 3.65. The predicted molar refractivity (Wildman–Crippen MR) is 71.9 cm³/mol. The van der Waals surface area contributed by atoms with E-state index in [2.05, 4.69) is 33.0 Å². The lowest BCUT2D eigenvalue weighted by Gasteiger charge is -2.20. The second-order valence-electron chi connectivity index (χ2n) is 4.84. The van der Waals surface area contributed by atoms with Crippen LogP contribution in [0.3, 0.4) is 0 Å². The van der Waals surface area contributed by atoms with Crippen LogP contribution in [0.2, 0.25) is 0 Å². The summed E-state index contributed by atoms with van der Waals surface area (Å²) in [5.74, 6) is 0.704. The minimum Gasteiger partial charge on any atom is -0.377 e. The Bertz CT molecular complexity index is 139. The third kappa shape index (κ3) is 9.17. The van der Waals surface area contributed by atoms with Gasteiger partial charge >= 0.3 is 0 Å². The molecule has 0 aromatic heterocycles. The van der Waals surface area contributed by atoms with Crippen LogP contribution in [0.4, 0.5) is 0 Å². The Labute approximate surface area is 102 Å². The minimum atomic E-state index is 0.413. The van der Waals surface area contributed by atoms with Gasteiger partial charge in [-0.2, -0.15) is 0 Å². The van der Waals surface area contributed by atoms with Crippen molar-refractivity contribution >= 4 is 0 Å². The third-order valence-electron chi connectivity index (χ3n) is 2.81. The van der Waals surface area contributed by atoms with E-state index in [1.54, 1.807) is 0 Å². The summed E-state index contributed by atoms with van der Waals surface area (Å²) >= 11 is 0. The van der Waals surface area contributed by atoms with E-state index in [1.165, 1.54) is 32.1 Å². The second-order valence-corrected chi connectivity index (χ2v) is 4.84. The number of hydrogen-bond acceptors (Lipinski definition) is 2. The maximum absolute atomic E-state index is 5.98. The van der Waals surface area contributed by atoms with Gasteiger partial charge in [0.1, 0.15) is 0 Å². The molecule has 0 bridgehead atoms. The molecule has 0 aliphatic carbocycles. The van der Waals surface area contributed by atoms with Crippen LogP contribution >= 0.6 is 0 Å². The molecule has 98 valence electrons.